The van der Waals surface area contributed by atoms with Crippen LogP contribution in [0.1, 0.15) is 85.8 Å². The van der Waals surface area contributed by atoms with Crippen LogP contribution in [-0.4, -0.2) is 114 Å². The predicted molar refractivity (Wildman–Crippen MR) is 218 cm³/mol. The second-order valence-corrected chi connectivity index (χ2v) is 16.0. The zero-order valence-electron chi connectivity index (χ0n) is 33.9. The number of halogens is 1. The zero-order valence-corrected chi connectivity index (χ0v) is 33.9. The third kappa shape index (κ3) is 11.5. The first-order chi connectivity index (χ1) is 28.7. The normalized spacial score (nSPS) is 20.5. The Morgan fingerprint density at radius 1 is 0.898 bits per heavy atom. The van der Waals surface area contributed by atoms with Gasteiger partial charge in [-0.25, -0.2) is 9.37 Å². The summed E-state index contributed by atoms with van der Waals surface area (Å²) in [5.41, 5.74) is 4.39. The Morgan fingerprint density at radius 3 is 2.41 bits per heavy atom. The summed E-state index contributed by atoms with van der Waals surface area (Å²) in [4.78, 5) is 55.6. The molecule has 3 amide bonds. The number of Topliss-reactive ketones (excluding diaryl/α,β-unsaturated/α-hetero) is 1. The standard InChI is InChI=1S/C43H57FN8O7/c1-51-38(24-28-7-8-28)33(26-47-51)41-35(44)13-15-39(49-41)48-30-11-9-29(10-12-30)46-25-31(53)4-3-18-57-20-22-59-23-21-58-19-17-45-36-6-2-5-32-34(36)27-52(43(32)56)37-14-16-40(54)50-42(37)55/h2,5-6,13,15,26,28-30,37,45-46H,3-4,7-12,14,16-25,27H2,1H3,(H,48,49)(H,50,54,55). The fourth-order valence-corrected chi connectivity index (χ4v) is 8.13. The lowest BCUT2D eigenvalue weighted by Gasteiger charge is -2.30. The van der Waals surface area contributed by atoms with Crippen LogP contribution in [-0.2, 0) is 48.6 Å². The Hall–Kier alpha value is -4.77. The van der Waals surface area contributed by atoms with E-state index in [1.807, 2.05) is 23.9 Å². The number of aryl methyl sites for hydroxylation is 1. The van der Waals surface area contributed by atoms with E-state index in [1.54, 1.807) is 23.2 Å². The average Bonchev–Trinajstić information content (AvgIpc) is 3.90. The van der Waals surface area contributed by atoms with Gasteiger partial charge in [0.1, 0.15) is 29.2 Å². The molecule has 3 aromatic rings. The minimum atomic E-state index is -0.646. The van der Waals surface area contributed by atoms with Gasteiger partial charge >= 0.3 is 0 Å². The number of aromatic nitrogens is 3. The van der Waals surface area contributed by atoms with Crippen molar-refractivity contribution in [3.63, 3.8) is 0 Å². The molecular formula is C43H57FN8O7. The van der Waals surface area contributed by atoms with Crippen LogP contribution < -0.4 is 21.3 Å². The van der Waals surface area contributed by atoms with Crippen LogP contribution in [0.4, 0.5) is 15.9 Å². The quantitative estimate of drug-likeness (QED) is 0.0796. The van der Waals surface area contributed by atoms with Gasteiger partial charge in [-0.15, -0.1) is 0 Å². The summed E-state index contributed by atoms with van der Waals surface area (Å²) in [5, 5.41) is 17.0. The van der Waals surface area contributed by atoms with E-state index >= 15 is 0 Å². The van der Waals surface area contributed by atoms with Gasteiger partial charge in [-0.05, 0) is 88.0 Å². The Bertz CT molecular complexity index is 1950. The molecule has 318 valence electrons. The Balaban J connectivity index is 0.681. The summed E-state index contributed by atoms with van der Waals surface area (Å²) in [5.74, 6) is 0.243. The number of carbonyl (C=O) groups excluding carboxylic acids is 4. The Labute approximate surface area is 344 Å². The number of pyridine rings is 1. The number of anilines is 2. The maximum absolute atomic E-state index is 14.9. The molecule has 1 aromatic carbocycles. The van der Waals surface area contributed by atoms with Crippen LogP contribution in [0.25, 0.3) is 11.3 Å². The van der Waals surface area contributed by atoms with Crippen molar-refractivity contribution >= 4 is 35.0 Å². The van der Waals surface area contributed by atoms with Gasteiger partial charge < -0.3 is 35.1 Å². The first-order valence-corrected chi connectivity index (χ1v) is 21.2. The molecule has 2 aliphatic carbocycles. The van der Waals surface area contributed by atoms with Gasteiger partial charge in [-0.3, -0.25) is 29.2 Å². The van der Waals surface area contributed by atoms with E-state index in [9.17, 15) is 23.6 Å². The van der Waals surface area contributed by atoms with Gasteiger partial charge in [0.25, 0.3) is 5.91 Å². The van der Waals surface area contributed by atoms with Crippen LogP contribution in [0.2, 0.25) is 0 Å². The fraction of sp³-hybridized carbons (Fsp3) is 0.581. The Morgan fingerprint density at radius 2 is 1.64 bits per heavy atom. The molecule has 0 spiro atoms. The van der Waals surface area contributed by atoms with Gasteiger partial charge in [0.15, 0.2) is 0 Å². The monoisotopic (exact) mass is 816 g/mol. The van der Waals surface area contributed by atoms with Crippen molar-refractivity contribution in [3.8, 4) is 11.3 Å². The smallest absolute Gasteiger partial charge is 0.255 e. The molecule has 2 saturated carbocycles. The van der Waals surface area contributed by atoms with Crippen LogP contribution >= 0.6 is 0 Å². The number of carbonyl (C=O) groups is 4. The highest BCUT2D eigenvalue weighted by atomic mass is 19.1. The number of rotatable bonds is 23. The van der Waals surface area contributed by atoms with Crippen molar-refractivity contribution in [1.29, 1.82) is 0 Å². The number of ketones is 1. The van der Waals surface area contributed by atoms with Crippen LogP contribution in [0.15, 0.2) is 36.5 Å². The largest absolute Gasteiger partial charge is 0.382 e. The number of ether oxygens (including phenoxy) is 3. The third-order valence-electron chi connectivity index (χ3n) is 11.6. The van der Waals surface area contributed by atoms with E-state index in [-0.39, 0.29) is 35.9 Å². The molecule has 3 fully saturated rings. The number of imide groups is 1. The number of benzene rings is 1. The summed E-state index contributed by atoms with van der Waals surface area (Å²) in [7, 11) is 1.91. The average molecular weight is 817 g/mol. The van der Waals surface area contributed by atoms with Crippen LogP contribution in [0, 0.1) is 11.7 Å². The van der Waals surface area contributed by atoms with Gasteiger partial charge in [0.05, 0.1) is 45.8 Å². The summed E-state index contributed by atoms with van der Waals surface area (Å²) >= 11 is 0. The van der Waals surface area contributed by atoms with Gasteiger partial charge in [0, 0.05) is 79.7 Å². The first-order valence-electron chi connectivity index (χ1n) is 21.2. The van der Waals surface area contributed by atoms with Gasteiger partial charge in [0.2, 0.25) is 11.8 Å². The highest BCUT2D eigenvalue weighted by molar-refractivity contribution is 6.06. The number of nitrogens with zero attached hydrogens (tertiary/aromatic N) is 4. The van der Waals surface area contributed by atoms with E-state index in [0.29, 0.717) is 108 Å². The number of hydrogen-bond donors (Lipinski definition) is 4. The van der Waals surface area contributed by atoms with Crippen LogP contribution in [0.3, 0.4) is 0 Å². The number of piperidine rings is 1. The maximum Gasteiger partial charge on any atom is 0.255 e. The molecule has 1 atom stereocenters. The minimum absolute atomic E-state index is 0.176. The molecule has 4 heterocycles. The number of fused-ring (bicyclic) bond motifs is 1. The number of nitrogens with one attached hydrogen (secondary N) is 4. The lowest BCUT2D eigenvalue weighted by Crippen LogP contribution is -2.52. The molecule has 0 bridgehead atoms. The maximum atomic E-state index is 14.9. The Kier molecular flexibility index (Phi) is 14.7. The lowest BCUT2D eigenvalue weighted by atomic mass is 9.91. The highest BCUT2D eigenvalue weighted by Crippen LogP contribution is 2.36. The topological polar surface area (TPSA) is 178 Å². The lowest BCUT2D eigenvalue weighted by molar-refractivity contribution is -0.137. The van der Waals surface area contributed by atoms with Crippen molar-refractivity contribution in [3.05, 3.63) is 59.2 Å². The second kappa shape index (κ2) is 20.5. The van der Waals surface area contributed by atoms with Crippen molar-refractivity contribution < 1.29 is 37.8 Å². The number of hydrogen-bond acceptors (Lipinski definition) is 12. The van der Waals surface area contributed by atoms with E-state index in [1.165, 1.54) is 18.9 Å². The third-order valence-corrected chi connectivity index (χ3v) is 11.6. The molecule has 59 heavy (non-hydrogen) atoms. The zero-order chi connectivity index (χ0) is 41.1. The van der Waals surface area contributed by atoms with Gasteiger partial charge in [-0.1, -0.05) is 6.07 Å². The summed E-state index contributed by atoms with van der Waals surface area (Å²) in [6.07, 6.45) is 10.5. The predicted octanol–water partition coefficient (Wildman–Crippen LogP) is 4.16. The SMILES string of the molecule is Cn1ncc(-c2nc(NC3CCC(NCC(=O)CCCOCCOCCOCCNc4cccc5c4CN(C4CCC(=O)NC4=O)C5=O)CC3)ccc2F)c1CC1CC1. The van der Waals surface area contributed by atoms with E-state index in [0.717, 1.165) is 54.6 Å². The molecule has 1 unspecified atom stereocenters. The van der Waals surface area contributed by atoms with E-state index in [2.05, 4.69) is 31.3 Å². The minimum Gasteiger partial charge on any atom is -0.382 e. The molecule has 15 nitrogen and oxygen atoms in total. The van der Waals surface area contributed by atoms with Crippen LogP contribution in [0.5, 0.6) is 0 Å². The molecule has 0 radical (unpaired) electrons. The summed E-state index contributed by atoms with van der Waals surface area (Å²) < 4.78 is 33.7. The summed E-state index contributed by atoms with van der Waals surface area (Å²) in [6, 6.07) is 8.56. The number of amides is 3. The van der Waals surface area contributed by atoms with Crippen molar-refractivity contribution in [2.24, 2.45) is 13.0 Å². The first kappa shape index (κ1) is 42.4. The fourth-order valence-electron chi connectivity index (χ4n) is 8.13. The van der Waals surface area contributed by atoms with E-state index in [4.69, 9.17) is 14.2 Å². The van der Waals surface area contributed by atoms with Crippen molar-refractivity contribution in [1.82, 2.24) is 30.3 Å². The van der Waals surface area contributed by atoms with Crippen molar-refractivity contribution in [2.75, 3.05) is 63.4 Å². The molecule has 1 saturated heterocycles. The van der Waals surface area contributed by atoms with Gasteiger partial charge in [-0.2, -0.15) is 5.10 Å². The molecule has 4 N–H and O–H groups in total. The van der Waals surface area contributed by atoms with E-state index < -0.39 is 11.9 Å². The molecule has 7 rings (SSSR count). The molecule has 2 aromatic heterocycles. The molecule has 16 heteroatoms. The second-order valence-electron chi connectivity index (χ2n) is 16.0. The summed E-state index contributed by atoms with van der Waals surface area (Å²) in [6.45, 7) is 3.88. The highest BCUT2D eigenvalue weighted by Gasteiger charge is 2.40. The molecular weight excluding hydrogens is 760 g/mol. The molecule has 4 aliphatic rings. The molecule has 2 aliphatic heterocycles. The van der Waals surface area contributed by atoms with Crippen molar-refractivity contribution in [2.45, 2.75) is 95.3 Å².